The summed E-state index contributed by atoms with van der Waals surface area (Å²) in [5.74, 6) is -0.132. The number of nitrogens with zero attached hydrogens (tertiary/aromatic N) is 1. The van der Waals surface area contributed by atoms with Crippen molar-refractivity contribution < 1.29 is 23.2 Å². The summed E-state index contributed by atoms with van der Waals surface area (Å²) >= 11 is 8.17. The Morgan fingerprint density at radius 1 is 1.28 bits per heavy atom. The third-order valence-corrected chi connectivity index (χ3v) is 2.13. The zero-order valence-electron chi connectivity index (χ0n) is 9.82. The van der Waals surface area contributed by atoms with Crippen molar-refractivity contribution in [3.63, 3.8) is 0 Å². The van der Waals surface area contributed by atoms with Gasteiger partial charge in [0.05, 0.1) is 5.75 Å². The first-order chi connectivity index (χ1) is 7.44. The molecule has 0 heterocycles. The number of rotatable bonds is 2. The van der Waals surface area contributed by atoms with Crippen LogP contribution in [-0.4, -0.2) is 87.8 Å². The molecule has 0 aromatic rings. The van der Waals surface area contributed by atoms with E-state index in [9.17, 15) is 8.42 Å². The van der Waals surface area contributed by atoms with Crippen LogP contribution in [0.15, 0.2) is 0 Å². The van der Waals surface area contributed by atoms with Crippen molar-refractivity contribution >= 4 is 74.5 Å². The molecule has 0 unspecified atom stereocenters. The van der Waals surface area contributed by atoms with Gasteiger partial charge in [0.2, 0.25) is 0 Å². The van der Waals surface area contributed by atoms with Crippen molar-refractivity contribution in [1.29, 1.82) is 0 Å². The molecule has 0 aliphatic heterocycles. The van der Waals surface area contributed by atoms with E-state index in [2.05, 4.69) is 30.2 Å². The van der Waals surface area contributed by atoms with Crippen LogP contribution in [0.1, 0.15) is 13.3 Å². The predicted octanol–water partition coefficient (Wildman–Crippen LogP) is -0.185. The molecule has 0 saturated heterocycles. The number of hydrogen-bond acceptors (Lipinski definition) is 4. The van der Waals surface area contributed by atoms with Crippen molar-refractivity contribution in [2.75, 3.05) is 19.8 Å². The first-order valence-corrected chi connectivity index (χ1v) is 6.70. The van der Waals surface area contributed by atoms with E-state index in [4.69, 9.17) is 14.8 Å². The van der Waals surface area contributed by atoms with Crippen LogP contribution in [0.4, 0.5) is 0 Å². The molecule has 18 heavy (non-hydrogen) atoms. The molecule has 0 rings (SSSR count). The molecule has 7 nitrogen and oxygen atoms in total. The SMILES string of the molecule is CCCS(=O)(=O)O.CN(C)C(O)=S.NC(O)=S.[NaH]. The van der Waals surface area contributed by atoms with Gasteiger partial charge in [0.15, 0.2) is 0 Å². The maximum absolute atomic E-state index is 9.79. The summed E-state index contributed by atoms with van der Waals surface area (Å²) in [7, 11) is -0.308. The monoisotopic (exact) mass is 330 g/mol. The van der Waals surface area contributed by atoms with Gasteiger partial charge in [0, 0.05) is 14.1 Å². The van der Waals surface area contributed by atoms with E-state index in [1.165, 1.54) is 4.90 Å². The van der Waals surface area contributed by atoms with Crippen LogP contribution in [-0.2, 0) is 10.1 Å². The molecule has 11 heteroatoms. The fourth-order valence-electron chi connectivity index (χ4n) is 0.258. The zero-order valence-corrected chi connectivity index (χ0v) is 12.3. The first kappa shape index (κ1) is 26.8. The van der Waals surface area contributed by atoms with E-state index in [0.717, 1.165) is 0 Å². The van der Waals surface area contributed by atoms with Crippen LogP contribution in [0.3, 0.4) is 0 Å². The Kier molecular flexibility index (Phi) is 22.8. The molecule has 0 aromatic carbocycles. The predicted molar refractivity (Wildman–Crippen MR) is 82.2 cm³/mol. The molecule has 0 aromatic heterocycles. The Labute approximate surface area is 140 Å². The zero-order chi connectivity index (χ0) is 14.6. The molecule has 0 radical (unpaired) electrons. The Balaban J connectivity index is -0.0000000823. The van der Waals surface area contributed by atoms with E-state index in [1.807, 2.05) is 0 Å². The summed E-state index contributed by atoms with van der Waals surface area (Å²) in [4.78, 5) is 1.45. The van der Waals surface area contributed by atoms with Crippen LogP contribution in [0.5, 0.6) is 0 Å². The average molecular weight is 330 g/mol. The van der Waals surface area contributed by atoms with Crippen LogP contribution in [0.25, 0.3) is 0 Å². The van der Waals surface area contributed by atoms with Gasteiger partial charge in [-0.15, -0.1) is 0 Å². The molecular weight excluding hydrogens is 311 g/mol. The summed E-state index contributed by atoms with van der Waals surface area (Å²) in [6, 6.07) is 0. The molecule has 0 fully saturated rings. The van der Waals surface area contributed by atoms with Crippen LogP contribution in [0, 0.1) is 0 Å². The first-order valence-electron chi connectivity index (χ1n) is 4.27. The van der Waals surface area contributed by atoms with E-state index in [0.29, 0.717) is 6.42 Å². The van der Waals surface area contributed by atoms with Gasteiger partial charge in [0.25, 0.3) is 20.5 Å². The summed E-state index contributed by atoms with van der Waals surface area (Å²) in [6.07, 6.45) is 0.471. The molecule has 0 spiro atoms. The molecule has 0 bridgehead atoms. The summed E-state index contributed by atoms with van der Waals surface area (Å²) < 4.78 is 27.6. The molecule has 0 aliphatic rings. The van der Waals surface area contributed by atoms with Crippen LogP contribution >= 0.6 is 24.4 Å². The quantitative estimate of drug-likeness (QED) is 0.310. The van der Waals surface area contributed by atoms with Crippen LogP contribution in [0.2, 0.25) is 0 Å². The summed E-state index contributed by atoms with van der Waals surface area (Å²) in [5.41, 5.74) is 4.40. The molecule has 0 saturated carbocycles. The van der Waals surface area contributed by atoms with E-state index >= 15 is 0 Å². The Morgan fingerprint density at radius 2 is 1.50 bits per heavy atom. The Bertz CT molecular complexity index is 317. The molecule has 5 N–H and O–H groups in total. The van der Waals surface area contributed by atoms with Gasteiger partial charge in [-0.1, -0.05) is 6.92 Å². The van der Waals surface area contributed by atoms with Gasteiger partial charge in [-0.05, 0) is 30.9 Å². The van der Waals surface area contributed by atoms with E-state index in [-0.39, 0.29) is 40.5 Å². The average Bonchev–Trinajstić information content (AvgIpc) is 2.00. The van der Waals surface area contributed by atoms with Gasteiger partial charge in [-0.3, -0.25) is 4.55 Å². The Hall–Kier alpha value is 0.290. The second kappa shape index (κ2) is 15.3. The topological polar surface area (TPSA) is 124 Å². The van der Waals surface area contributed by atoms with Crippen molar-refractivity contribution in [2.24, 2.45) is 5.73 Å². The van der Waals surface area contributed by atoms with Crippen molar-refractivity contribution in [3.05, 3.63) is 0 Å². The third-order valence-electron chi connectivity index (χ3n) is 0.845. The van der Waals surface area contributed by atoms with Gasteiger partial charge in [-0.2, -0.15) is 8.42 Å². The number of nitrogens with two attached hydrogens (primary N) is 1. The van der Waals surface area contributed by atoms with Gasteiger partial charge >= 0.3 is 29.6 Å². The normalized spacial score (nSPS) is 8.44. The standard InChI is InChI=1S/C3H7NOS.C3H8O3S.CH3NOS.Na.H/c1-4(2)3(5)6;1-2-3-7(4,5)6;2-1(3)4;;/h1-2H3,(H,5,6);2-3H2,1H3,(H,4,5,6);(H3,2,3,4);;. The molecule has 0 amide bonds. The van der Waals surface area contributed by atoms with Gasteiger partial charge < -0.3 is 20.8 Å². The Morgan fingerprint density at radius 3 is 1.50 bits per heavy atom. The fraction of sp³-hybridized carbons (Fsp3) is 0.714. The van der Waals surface area contributed by atoms with Crippen molar-refractivity contribution in [3.8, 4) is 0 Å². The number of thiocarbonyl (C=S) groups is 2. The van der Waals surface area contributed by atoms with Crippen LogP contribution < -0.4 is 5.73 Å². The summed E-state index contributed by atoms with van der Waals surface area (Å²) in [5, 5.41) is 15.3. The second-order valence-electron chi connectivity index (χ2n) is 2.80. The molecule has 106 valence electrons. The van der Waals surface area contributed by atoms with Crippen molar-refractivity contribution in [2.45, 2.75) is 13.3 Å². The van der Waals surface area contributed by atoms with Crippen molar-refractivity contribution in [1.82, 2.24) is 4.90 Å². The minimum atomic E-state index is -3.67. The molecular formula is C7H19N2NaO5S3. The second-order valence-corrected chi connectivity index (χ2v) is 5.16. The summed E-state index contributed by atoms with van der Waals surface area (Å²) in [6.45, 7) is 1.69. The fourth-order valence-corrected chi connectivity index (χ4v) is 0.774. The maximum atomic E-state index is 9.79. The van der Waals surface area contributed by atoms with E-state index < -0.39 is 15.3 Å². The van der Waals surface area contributed by atoms with Gasteiger partial charge in [-0.25, -0.2) is 0 Å². The van der Waals surface area contributed by atoms with E-state index in [1.54, 1.807) is 21.0 Å². The van der Waals surface area contributed by atoms with Gasteiger partial charge in [0.1, 0.15) is 0 Å². The third kappa shape index (κ3) is 55.4. The number of aliphatic hydroxyl groups is 2. The number of hydrogen-bond donors (Lipinski definition) is 4. The number of aliphatic hydroxyl groups excluding tert-OH is 2. The molecule has 0 aliphatic carbocycles. The molecule has 0 atom stereocenters. The minimum absolute atomic E-state index is 0.